The van der Waals surface area contributed by atoms with Crippen LogP contribution in [-0.2, 0) is 20.7 Å². The number of rotatable bonds is 4. The second-order valence-corrected chi connectivity index (χ2v) is 9.82. The van der Waals surface area contributed by atoms with Crippen LogP contribution in [0.2, 0.25) is 0 Å². The third-order valence-electron chi connectivity index (χ3n) is 7.56. The number of carbonyl (C=O) groups is 2. The van der Waals surface area contributed by atoms with Crippen LogP contribution in [0.4, 0.5) is 14.9 Å². The van der Waals surface area contributed by atoms with E-state index >= 15 is 0 Å². The van der Waals surface area contributed by atoms with Crippen molar-refractivity contribution in [2.75, 3.05) is 37.7 Å². The third kappa shape index (κ3) is 4.53. The number of nitrogens with zero attached hydrogens (tertiary/aromatic N) is 2. The second-order valence-electron chi connectivity index (χ2n) is 9.82. The number of benzene rings is 2. The summed E-state index contributed by atoms with van der Waals surface area (Å²) < 4.78 is 25.2. The zero-order valence-corrected chi connectivity index (χ0v) is 19.4. The van der Waals surface area contributed by atoms with Crippen LogP contribution in [-0.4, -0.2) is 55.3 Å². The maximum Gasteiger partial charge on any atom is 0.415 e. The summed E-state index contributed by atoms with van der Waals surface area (Å²) in [6, 6.07) is 16.2. The number of halogens is 1. The number of carbonyl (C=O) groups excluding carboxylic acids is 2. The summed E-state index contributed by atoms with van der Waals surface area (Å²) in [5.41, 5.74) is 0.556. The molecule has 1 spiro atoms. The van der Waals surface area contributed by atoms with Crippen molar-refractivity contribution in [3.63, 3.8) is 0 Å². The van der Waals surface area contributed by atoms with Crippen LogP contribution in [0, 0.1) is 11.2 Å². The predicted octanol–water partition coefficient (Wildman–Crippen LogP) is 4.57. The second kappa shape index (κ2) is 9.37. The molecule has 1 atom stereocenters. The monoisotopic (exact) mass is 466 g/mol. The topological polar surface area (TPSA) is 59.1 Å². The van der Waals surface area contributed by atoms with Crippen LogP contribution < -0.4 is 4.90 Å². The summed E-state index contributed by atoms with van der Waals surface area (Å²) in [6.45, 7) is 2.75. The Balaban J connectivity index is 1.31. The molecular formula is C27H31FN2O4. The molecule has 0 unspecified atom stereocenters. The molecule has 0 saturated carbocycles. The van der Waals surface area contributed by atoms with Gasteiger partial charge in [-0.25, -0.2) is 9.18 Å². The number of hydrogen-bond acceptors (Lipinski definition) is 4. The highest BCUT2D eigenvalue weighted by Gasteiger charge is 2.48. The Bertz CT molecular complexity index is 1040. The molecule has 2 aromatic carbocycles. The zero-order valence-electron chi connectivity index (χ0n) is 19.4. The van der Waals surface area contributed by atoms with E-state index in [2.05, 4.69) is 12.1 Å². The lowest BCUT2D eigenvalue weighted by atomic mass is 9.74. The molecular weight excluding hydrogens is 435 g/mol. The normalized spacial score (nSPS) is 24.7. The van der Waals surface area contributed by atoms with E-state index in [1.54, 1.807) is 12.1 Å². The molecule has 0 aliphatic carbocycles. The summed E-state index contributed by atoms with van der Waals surface area (Å²) in [5.74, 6) is -0.202. The van der Waals surface area contributed by atoms with Crippen molar-refractivity contribution < 1.29 is 23.5 Å². The maximum absolute atomic E-state index is 13.9. The number of amides is 2. The Hall–Kier alpha value is -2.93. The van der Waals surface area contributed by atoms with E-state index < -0.39 is 17.1 Å². The summed E-state index contributed by atoms with van der Waals surface area (Å²) >= 11 is 0. The van der Waals surface area contributed by atoms with Gasteiger partial charge in [0.25, 0.3) is 0 Å². The Kier molecular flexibility index (Phi) is 6.30. The van der Waals surface area contributed by atoms with Crippen molar-refractivity contribution in [3.05, 3.63) is 66.0 Å². The van der Waals surface area contributed by atoms with Crippen molar-refractivity contribution in [1.29, 1.82) is 0 Å². The quantitative estimate of drug-likeness (QED) is 0.662. The van der Waals surface area contributed by atoms with Gasteiger partial charge in [-0.3, -0.25) is 9.69 Å². The molecule has 3 saturated heterocycles. The highest BCUT2D eigenvalue weighted by atomic mass is 19.1. The third-order valence-corrected chi connectivity index (χ3v) is 7.56. The first kappa shape index (κ1) is 22.8. The van der Waals surface area contributed by atoms with Crippen molar-refractivity contribution in [3.8, 4) is 0 Å². The van der Waals surface area contributed by atoms with E-state index in [0.29, 0.717) is 70.6 Å². The molecule has 180 valence electrons. The molecule has 7 heteroatoms. The first-order valence-corrected chi connectivity index (χ1v) is 12.2. The average molecular weight is 467 g/mol. The molecule has 3 fully saturated rings. The summed E-state index contributed by atoms with van der Waals surface area (Å²) in [6.07, 6.45) is 3.70. The van der Waals surface area contributed by atoms with Crippen molar-refractivity contribution in [1.82, 2.24) is 4.90 Å². The molecule has 2 aromatic rings. The number of anilines is 1. The first-order chi connectivity index (χ1) is 16.5. The van der Waals surface area contributed by atoms with Crippen LogP contribution in [0.1, 0.15) is 37.7 Å². The van der Waals surface area contributed by atoms with Crippen molar-refractivity contribution in [2.24, 2.45) is 5.41 Å². The minimum absolute atomic E-state index is 0.183. The molecule has 0 aromatic heterocycles. The van der Waals surface area contributed by atoms with E-state index in [9.17, 15) is 14.0 Å². The van der Waals surface area contributed by atoms with Gasteiger partial charge in [0.1, 0.15) is 11.4 Å². The molecule has 34 heavy (non-hydrogen) atoms. The minimum atomic E-state index is -0.652. The van der Waals surface area contributed by atoms with Crippen LogP contribution in [0.25, 0.3) is 0 Å². The van der Waals surface area contributed by atoms with Crippen LogP contribution >= 0.6 is 0 Å². The molecule has 3 aliphatic heterocycles. The highest BCUT2D eigenvalue weighted by Crippen LogP contribution is 2.40. The molecule has 2 amide bonds. The van der Waals surface area contributed by atoms with Gasteiger partial charge in [-0.15, -0.1) is 0 Å². The average Bonchev–Trinajstić information content (AvgIpc) is 3.04. The minimum Gasteiger partial charge on any atom is -0.441 e. The van der Waals surface area contributed by atoms with E-state index in [0.717, 1.165) is 6.42 Å². The molecule has 6 nitrogen and oxygen atoms in total. The van der Waals surface area contributed by atoms with E-state index in [-0.39, 0.29) is 11.7 Å². The summed E-state index contributed by atoms with van der Waals surface area (Å²) in [7, 11) is 0. The fraction of sp³-hybridized carbons (Fsp3) is 0.481. The van der Waals surface area contributed by atoms with E-state index in [4.69, 9.17) is 9.47 Å². The van der Waals surface area contributed by atoms with E-state index in [1.807, 2.05) is 23.1 Å². The first-order valence-electron chi connectivity index (χ1n) is 12.2. The molecule has 0 N–H and O–H groups in total. The SMILES string of the molecule is O=C1O[C@]2(CCCN(C(=O)C3(Cc4ccccc4)CCOCC3)CC2)CN1c1cccc(F)c1. The van der Waals surface area contributed by atoms with Gasteiger partial charge >= 0.3 is 6.09 Å². The van der Waals surface area contributed by atoms with Gasteiger partial charge in [0, 0.05) is 32.7 Å². The van der Waals surface area contributed by atoms with Gasteiger partial charge in [-0.05, 0) is 55.9 Å². The Morgan fingerprint density at radius 2 is 1.76 bits per heavy atom. The van der Waals surface area contributed by atoms with Crippen molar-refractivity contribution in [2.45, 2.75) is 44.1 Å². The van der Waals surface area contributed by atoms with Gasteiger partial charge in [-0.2, -0.15) is 0 Å². The Morgan fingerprint density at radius 1 is 0.971 bits per heavy atom. The van der Waals surface area contributed by atoms with Crippen LogP contribution in [0.5, 0.6) is 0 Å². The van der Waals surface area contributed by atoms with Crippen LogP contribution in [0.15, 0.2) is 54.6 Å². The number of ether oxygens (including phenoxy) is 2. The lowest BCUT2D eigenvalue weighted by Crippen LogP contribution is -2.49. The Labute approximate surface area is 199 Å². The van der Waals surface area contributed by atoms with E-state index in [1.165, 1.54) is 22.6 Å². The molecule has 0 bridgehead atoms. The maximum atomic E-state index is 13.9. The van der Waals surface area contributed by atoms with Crippen molar-refractivity contribution >= 4 is 17.7 Å². The molecule has 3 heterocycles. The summed E-state index contributed by atoms with van der Waals surface area (Å²) in [5, 5.41) is 0. The predicted molar refractivity (Wildman–Crippen MR) is 126 cm³/mol. The van der Waals surface area contributed by atoms with Gasteiger partial charge in [0.15, 0.2) is 0 Å². The largest absolute Gasteiger partial charge is 0.441 e. The molecule has 3 aliphatic rings. The van der Waals surface area contributed by atoms with Gasteiger partial charge in [0.2, 0.25) is 5.91 Å². The standard InChI is InChI=1S/C27H31FN2O4/c28-22-8-4-9-23(18-22)30-20-27(34-25(30)32)10-5-14-29(15-11-27)24(31)26(12-16-33-17-13-26)19-21-6-2-1-3-7-21/h1-4,6-9,18H,5,10-17,19-20H2/t27-/m0/s1. The zero-order chi connectivity index (χ0) is 23.6. The fourth-order valence-corrected chi connectivity index (χ4v) is 5.65. The van der Waals surface area contributed by atoms with Gasteiger partial charge < -0.3 is 14.4 Å². The van der Waals surface area contributed by atoms with Gasteiger partial charge in [-0.1, -0.05) is 36.4 Å². The Morgan fingerprint density at radius 3 is 2.53 bits per heavy atom. The van der Waals surface area contributed by atoms with Gasteiger partial charge in [0.05, 0.1) is 17.6 Å². The summed E-state index contributed by atoms with van der Waals surface area (Å²) in [4.78, 5) is 30.1. The molecule has 0 radical (unpaired) electrons. The number of hydrogen-bond donors (Lipinski definition) is 0. The highest BCUT2D eigenvalue weighted by molar-refractivity contribution is 5.90. The van der Waals surface area contributed by atoms with Crippen LogP contribution in [0.3, 0.4) is 0 Å². The lowest BCUT2D eigenvalue weighted by molar-refractivity contribution is -0.148. The number of likely N-dealkylation sites (tertiary alicyclic amines) is 1. The smallest absolute Gasteiger partial charge is 0.415 e. The molecule has 5 rings (SSSR count). The fourth-order valence-electron chi connectivity index (χ4n) is 5.65. The lowest BCUT2D eigenvalue weighted by Gasteiger charge is -2.40.